The molecule has 0 aliphatic carbocycles. The van der Waals surface area contributed by atoms with Gasteiger partial charge in [0.15, 0.2) is 12.9 Å². The quantitative estimate of drug-likeness (QED) is 0.765. The summed E-state index contributed by atoms with van der Waals surface area (Å²) in [4.78, 5) is 0.301. The lowest BCUT2D eigenvalue weighted by atomic mass is 10.2. The Morgan fingerprint density at radius 3 is 2.62 bits per heavy atom. The number of rotatable bonds is 2. The molecule has 0 aliphatic heterocycles. The molecule has 1 aromatic carbocycles. The Bertz CT molecular complexity index is 622. The number of benzene rings is 1. The Labute approximate surface area is 111 Å². The monoisotopic (exact) mass is 366 g/mol. The van der Waals surface area contributed by atoms with Crippen LogP contribution in [0.15, 0.2) is 29.2 Å². The molecule has 84 valence electrons. The van der Waals surface area contributed by atoms with Crippen molar-refractivity contribution in [3.05, 3.63) is 27.3 Å². The summed E-state index contributed by atoms with van der Waals surface area (Å²) in [5, 5.41) is 8.60. The van der Waals surface area contributed by atoms with Crippen molar-refractivity contribution in [2.24, 2.45) is 0 Å². The number of nitrogens with zero attached hydrogens (tertiary/aromatic N) is 2. The van der Waals surface area contributed by atoms with Crippen molar-refractivity contribution in [3.63, 3.8) is 0 Å². The van der Waals surface area contributed by atoms with E-state index in [9.17, 15) is 8.42 Å². The van der Waals surface area contributed by atoms with Gasteiger partial charge in [-0.25, -0.2) is 8.42 Å². The van der Waals surface area contributed by atoms with Gasteiger partial charge >= 0.3 is 0 Å². The third-order valence-electron chi connectivity index (χ3n) is 1.91. The van der Waals surface area contributed by atoms with Gasteiger partial charge in [0.25, 0.3) is 0 Å². The molecule has 0 aliphatic rings. The van der Waals surface area contributed by atoms with Crippen molar-refractivity contribution in [2.45, 2.75) is 4.90 Å². The lowest BCUT2D eigenvalue weighted by Gasteiger charge is -1.99. The summed E-state index contributed by atoms with van der Waals surface area (Å²) in [7, 11) is -3.17. The van der Waals surface area contributed by atoms with E-state index >= 15 is 0 Å². The molecular formula is C9H7IN2O2S2. The molecule has 0 amide bonds. The molecule has 0 bridgehead atoms. The predicted molar refractivity (Wildman–Crippen MR) is 71.2 cm³/mol. The molecule has 0 fully saturated rings. The van der Waals surface area contributed by atoms with E-state index in [1.165, 1.54) is 17.6 Å². The molecule has 0 radical (unpaired) electrons. The van der Waals surface area contributed by atoms with Gasteiger partial charge in [0.05, 0.1) is 4.90 Å². The summed E-state index contributed by atoms with van der Waals surface area (Å²) in [6, 6.07) is 6.72. The first-order valence-corrected chi connectivity index (χ1v) is 8.05. The van der Waals surface area contributed by atoms with Crippen LogP contribution >= 0.6 is 33.9 Å². The van der Waals surface area contributed by atoms with Crippen molar-refractivity contribution in [1.82, 2.24) is 10.2 Å². The maximum absolute atomic E-state index is 11.4. The largest absolute Gasteiger partial charge is 0.224 e. The van der Waals surface area contributed by atoms with Crippen LogP contribution in [-0.2, 0) is 9.84 Å². The zero-order valence-corrected chi connectivity index (χ0v) is 12.0. The topological polar surface area (TPSA) is 59.9 Å². The maximum Gasteiger partial charge on any atom is 0.178 e. The molecule has 4 nitrogen and oxygen atoms in total. The van der Waals surface area contributed by atoms with Crippen LogP contribution in [0, 0.1) is 3.01 Å². The molecule has 16 heavy (non-hydrogen) atoms. The highest BCUT2D eigenvalue weighted by Crippen LogP contribution is 2.26. The minimum atomic E-state index is -3.17. The molecule has 0 saturated carbocycles. The van der Waals surface area contributed by atoms with Crippen LogP contribution in [0.4, 0.5) is 0 Å². The first-order valence-electron chi connectivity index (χ1n) is 4.26. The molecule has 0 atom stereocenters. The van der Waals surface area contributed by atoms with Crippen molar-refractivity contribution >= 4 is 43.8 Å². The van der Waals surface area contributed by atoms with Crippen molar-refractivity contribution in [1.29, 1.82) is 0 Å². The Hall–Kier alpha value is -0.540. The highest BCUT2D eigenvalue weighted by molar-refractivity contribution is 14.1. The van der Waals surface area contributed by atoms with Gasteiger partial charge in [-0.15, -0.1) is 10.2 Å². The third kappa shape index (κ3) is 2.58. The first kappa shape index (κ1) is 11.9. The molecule has 7 heteroatoms. The average Bonchev–Trinajstić information content (AvgIpc) is 2.64. The SMILES string of the molecule is CS(=O)(=O)c1cccc(-c2nnc(I)s2)c1. The van der Waals surface area contributed by atoms with E-state index in [4.69, 9.17) is 0 Å². The minimum absolute atomic E-state index is 0.301. The van der Waals surface area contributed by atoms with E-state index in [1.807, 2.05) is 6.07 Å². The average molecular weight is 366 g/mol. The smallest absolute Gasteiger partial charge is 0.178 e. The molecule has 1 heterocycles. The second kappa shape index (κ2) is 4.38. The van der Waals surface area contributed by atoms with Gasteiger partial charge in [0.1, 0.15) is 5.01 Å². The molecular weight excluding hydrogens is 359 g/mol. The lowest BCUT2D eigenvalue weighted by Crippen LogP contribution is -1.96. The number of hydrogen-bond donors (Lipinski definition) is 0. The van der Waals surface area contributed by atoms with Crippen LogP contribution in [0.3, 0.4) is 0 Å². The van der Waals surface area contributed by atoms with E-state index in [0.29, 0.717) is 4.90 Å². The van der Waals surface area contributed by atoms with E-state index in [1.54, 1.807) is 18.2 Å². The zero-order chi connectivity index (χ0) is 11.8. The summed E-state index contributed by atoms with van der Waals surface area (Å²) in [6.45, 7) is 0. The van der Waals surface area contributed by atoms with Gasteiger partial charge in [-0.05, 0) is 34.7 Å². The van der Waals surface area contributed by atoms with Crippen LogP contribution in [0.5, 0.6) is 0 Å². The van der Waals surface area contributed by atoms with Crippen LogP contribution in [0.1, 0.15) is 0 Å². The van der Waals surface area contributed by atoms with Crippen molar-refractivity contribution in [2.75, 3.05) is 6.26 Å². The van der Waals surface area contributed by atoms with Crippen LogP contribution < -0.4 is 0 Å². The van der Waals surface area contributed by atoms with E-state index in [2.05, 4.69) is 32.8 Å². The Morgan fingerprint density at radius 2 is 2.06 bits per heavy atom. The summed E-state index contributed by atoms with van der Waals surface area (Å²) >= 11 is 3.51. The second-order valence-electron chi connectivity index (χ2n) is 3.16. The number of halogens is 1. The standard InChI is InChI=1S/C9H7IN2O2S2/c1-16(13,14)7-4-2-3-6(5-7)8-11-12-9(10)15-8/h2-5H,1H3. The van der Waals surface area contributed by atoms with Crippen LogP contribution in [0.2, 0.25) is 0 Å². The van der Waals surface area contributed by atoms with Gasteiger partial charge in [0, 0.05) is 11.8 Å². The molecule has 2 aromatic rings. The number of hydrogen-bond acceptors (Lipinski definition) is 5. The predicted octanol–water partition coefficient (Wildman–Crippen LogP) is 2.21. The van der Waals surface area contributed by atoms with Gasteiger partial charge in [0.2, 0.25) is 0 Å². The fourth-order valence-corrected chi connectivity index (χ4v) is 3.15. The molecule has 2 rings (SSSR count). The van der Waals surface area contributed by atoms with Gasteiger partial charge in [-0.1, -0.05) is 23.5 Å². The lowest BCUT2D eigenvalue weighted by molar-refractivity contribution is 0.602. The number of sulfone groups is 1. The van der Waals surface area contributed by atoms with Gasteiger partial charge in [-0.2, -0.15) is 0 Å². The molecule has 1 aromatic heterocycles. The Balaban J connectivity index is 2.52. The van der Waals surface area contributed by atoms with Gasteiger partial charge in [-0.3, -0.25) is 0 Å². The summed E-state index contributed by atoms with van der Waals surface area (Å²) in [6.07, 6.45) is 1.19. The van der Waals surface area contributed by atoms with Crippen molar-refractivity contribution in [3.8, 4) is 10.6 Å². The summed E-state index contributed by atoms with van der Waals surface area (Å²) < 4.78 is 23.6. The highest BCUT2D eigenvalue weighted by Gasteiger charge is 2.10. The van der Waals surface area contributed by atoms with E-state index in [-0.39, 0.29) is 0 Å². The van der Waals surface area contributed by atoms with E-state index in [0.717, 1.165) is 13.6 Å². The fraction of sp³-hybridized carbons (Fsp3) is 0.111. The van der Waals surface area contributed by atoms with Gasteiger partial charge < -0.3 is 0 Å². The summed E-state index contributed by atoms with van der Waals surface area (Å²) in [5.41, 5.74) is 0.781. The van der Waals surface area contributed by atoms with E-state index < -0.39 is 9.84 Å². The first-order chi connectivity index (χ1) is 7.47. The fourth-order valence-electron chi connectivity index (χ4n) is 1.18. The molecule has 0 N–H and O–H groups in total. The van der Waals surface area contributed by atoms with Crippen molar-refractivity contribution < 1.29 is 8.42 Å². The molecule has 0 unspecified atom stereocenters. The zero-order valence-electron chi connectivity index (χ0n) is 8.21. The van der Waals surface area contributed by atoms with Crippen LogP contribution in [-0.4, -0.2) is 24.9 Å². The number of aromatic nitrogens is 2. The summed E-state index contributed by atoms with van der Waals surface area (Å²) in [5.74, 6) is 0. The maximum atomic E-state index is 11.4. The van der Waals surface area contributed by atoms with Crippen LogP contribution in [0.25, 0.3) is 10.6 Å². The highest BCUT2D eigenvalue weighted by atomic mass is 127. The Morgan fingerprint density at radius 1 is 1.31 bits per heavy atom. The third-order valence-corrected chi connectivity index (χ3v) is 4.66. The second-order valence-corrected chi connectivity index (χ2v) is 7.91. The molecule has 0 saturated heterocycles. The Kier molecular flexibility index (Phi) is 3.27. The minimum Gasteiger partial charge on any atom is -0.224 e. The molecule has 0 spiro atoms. The normalized spacial score (nSPS) is 11.6.